The van der Waals surface area contributed by atoms with Gasteiger partial charge in [0.1, 0.15) is 53.2 Å². The first-order valence-electron chi connectivity index (χ1n) is 45.0. The van der Waals surface area contributed by atoms with Gasteiger partial charge in [-0.05, 0) is 208 Å². The van der Waals surface area contributed by atoms with Crippen LogP contribution in [-0.2, 0) is 57.6 Å². The molecule has 0 spiro atoms. The second-order valence-electron chi connectivity index (χ2n) is 42.5. The van der Waals surface area contributed by atoms with E-state index in [0.717, 1.165) is 75.8 Å². The Morgan fingerprint density at radius 3 is 1.21 bits per heavy atom. The van der Waals surface area contributed by atoms with Gasteiger partial charge >= 0.3 is 0 Å². The molecule has 9 aliphatic carbocycles. The van der Waals surface area contributed by atoms with E-state index in [4.69, 9.17) is 33.5 Å². The molecule has 9 fully saturated rings. The Balaban J connectivity index is 0.000000134. The van der Waals surface area contributed by atoms with Gasteiger partial charge in [-0.3, -0.25) is 48.2 Å². The van der Waals surface area contributed by atoms with Crippen molar-refractivity contribution in [3.8, 4) is 54.3 Å². The van der Waals surface area contributed by atoms with E-state index in [1.807, 2.05) is 80.6 Å². The number of likely N-dealkylation sites (tertiary alicyclic amines) is 2. The highest BCUT2D eigenvalue weighted by atomic mass is 16.5. The summed E-state index contributed by atoms with van der Waals surface area (Å²) in [6.45, 7) is 48.7. The van der Waals surface area contributed by atoms with Crippen molar-refractivity contribution in [2.24, 2.45) is 174 Å². The second kappa shape index (κ2) is 30.2. The van der Waals surface area contributed by atoms with Crippen molar-refractivity contribution in [2.45, 2.75) is 199 Å². The molecule has 3 aromatic carbocycles. The number of allylic oxidation sites excluding steroid dienone is 9. The third kappa shape index (κ3) is 12.6. The SMILES string of the molecule is C#CCN1C(=O)C2C(=O)C3C4C(Oc5ccc(cc5)CC2(CC#C)C1=O)C1C(C)CC(C)CC1(C)C4C(C)=CC3(C)C=C.C#CCN1C(=O)C2Cc3ccc(cc3)OC3C4C(C(=O)C2C1=O)C(C)(C=C)C=C(C)C4C1(C)CC(C)CC(C)C31.C=CC1(C)C=C(C)C2C3C(Oc4ccc(cc4)CC4C(=O)NC(C)C4C(=O)C31)C1C(C)CC(C)CC21C. The van der Waals surface area contributed by atoms with Gasteiger partial charge in [-0.15, -0.1) is 44.9 Å². The lowest BCUT2D eigenvalue weighted by Gasteiger charge is -2.50. The molecule has 5 amide bonds. The predicted molar refractivity (Wildman–Crippen MR) is 466 cm³/mol. The molecule has 18 aliphatic rings. The Morgan fingerprint density at radius 1 is 0.458 bits per heavy atom. The fourth-order valence-electron chi connectivity index (χ4n) is 31.6. The molecule has 3 aromatic rings. The molecule has 632 valence electrons. The number of ether oxygens (including phenoxy) is 3. The Bertz CT molecular complexity index is 5000. The van der Waals surface area contributed by atoms with E-state index in [1.165, 1.54) is 23.1 Å². The zero-order valence-electron chi connectivity index (χ0n) is 73.7. The van der Waals surface area contributed by atoms with E-state index in [1.54, 1.807) is 0 Å². The topological polar surface area (TPSA) is 183 Å². The summed E-state index contributed by atoms with van der Waals surface area (Å²) >= 11 is 0. The molecule has 3 saturated heterocycles. The third-order valence-corrected chi connectivity index (χ3v) is 34.6. The van der Waals surface area contributed by atoms with E-state index in [0.29, 0.717) is 54.3 Å². The zero-order chi connectivity index (χ0) is 86.2. The van der Waals surface area contributed by atoms with Gasteiger partial charge in [0.05, 0.1) is 30.3 Å². The molecule has 14 heteroatoms. The van der Waals surface area contributed by atoms with Crippen LogP contribution in [0.3, 0.4) is 0 Å². The summed E-state index contributed by atoms with van der Waals surface area (Å²) in [5, 5.41) is 3.13. The van der Waals surface area contributed by atoms with Crippen LogP contribution in [0.4, 0.5) is 0 Å². The lowest BCUT2D eigenvalue weighted by atomic mass is 9.52. The minimum absolute atomic E-state index is 0.00803. The summed E-state index contributed by atoms with van der Waals surface area (Å²) in [6, 6.07) is 23.9. The number of carbonyl (C=O) groups is 8. The summed E-state index contributed by atoms with van der Waals surface area (Å²) in [6.07, 6.45) is 36.8. The quantitative estimate of drug-likeness (QED) is 0.107. The Kier molecular flexibility index (Phi) is 21.3. The molecule has 6 saturated carbocycles. The number of hydrogen-bond donors (Lipinski definition) is 1. The highest BCUT2D eigenvalue weighted by Gasteiger charge is 2.74. The Labute approximate surface area is 713 Å². The van der Waals surface area contributed by atoms with Crippen LogP contribution in [0.1, 0.15) is 172 Å². The maximum Gasteiger partial charge on any atom is 0.241 e. The first kappa shape index (κ1) is 84.5. The number of ketones is 3. The van der Waals surface area contributed by atoms with Gasteiger partial charge in [0, 0.05) is 87.9 Å². The predicted octanol–water partition coefficient (Wildman–Crippen LogP) is 17.4. The number of Topliss-reactive ketones (excluding diaryl/α,β-unsaturated/α-hetero) is 3. The van der Waals surface area contributed by atoms with E-state index in [2.05, 4.69) is 182 Å². The van der Waals surface area contributed by atoms with Crippen LogP contribution in [-0.4, -0.2) is 94.1 Å². The number of nitrogens with zero attached hydrogens (tertiary/aromatic N) is 2. The summed E-state index contributed by atoms with van der Waals surface area (Å²) in [5.74, 6) is 6.94. The minimum atomic E-state index is -1.41. The second-order valence-corrected chi connectivity index (χ2v) is 42.5. The number of fused-ring (bicyclic) bond motifs is 12. The van der Waals surface area contributed by atoms with Crippen molar-refractivity contribution in [2.75, 3.05) is 13.1 Å². The van der Waals surface area contributed by atoms with Crippen LogP contribution >= 0.6 is 0 Å². The van der Waals surface area contributed by atoms with Gasteiger partial charge in [-0.2, -0.15) is 0 Å². The molecular formula is C106H127N3O11. The molecule has 9 aliphatic heterocycles. The van der Waals surface area contributed by atoms with E-state index in [-0.39, 0.29) is 161 Å². The van der Waals surface area contributed by atoms with Crippen molar-refractivity contribution in [3.05, 3.63) is 162 Å². The average molecular weight is 1620 g/mol. The molecule has 1 N–H and O–H groups in total. The van der Waals surface area contributed by atoms with Gasteiger partial charge in [-0.25, -0.2) is 0 Å². The Hall–Kier alpha value is -9.06. The van der Waals surface area contributed by atoms with Crippen molar-refractivity contribution in [3.63, 3.8) is 0 Å². The zero-order valence-corrected chi connectivity index (χ0v) is 73.7. The van der Waals surface area contributed by atoms with Crippen LogP contribution < -0.4 is 19.5 Å². The fraction of sp³-hybridized carbons (Fsp3) is 0.585. The van der Waals surface area contributed by atoms with Crippen LogP contribution in [0.2, 0.25) is 0 Å². The van der Waals surface area contributed by atoms with E-state index in [9.17, 15) is 28.8 Å². The normalized spacial score (nSPS) is 45.0. The highest BCUT2D eigenvalue weighted by Crippen LogP contribution is 2.73. The molecule has 9 heterocycles. The van der Waals surface area contributed by atoms with Crippen molar-refractivity contribution in [1.82, 2.24) is 15.1 Å². The van der Waals surface area contributed by atoms with Crippen LogP contribution in [0.15, 0.2) is 146 Å². The molecule has 0 aromatic heterocycles. The number of terminal acetylenes is 3. The molecule has 34 atom stereocenters. The molecule has 120 heavy (non-hydrogen) atoms. The average Bonchev–Trinajstić information content (AvgIpc) is 1.54. The monoisotopic (exact) mass is 1620 g/mol. The van der Waals surface area contributed by atoms with E-state index < -0.39 is 69.0 Å². The van der Waals surface area contributed by atoms with Gasteiger partial charge in [0.25, 0.3) is 0 Å². The number of carbonyl (C=O) groups excluding carboxylic acids is 8. The third-order valence-electron chi connectivity index (χ3n) is 34.6. The van der Waals surface area contributed by atoms with Crippen molar-refractivity contribution < 1.29 is 52.6 Å². The van der Waals surface area contributed by atoms with Gasteiger partial charge < -0.3 is 19.5 Å². The number of rotatable bonds is 6. The van der Waals surface area contributed by atoms with Gasteiger partial charge in [-0.1, -0.05) is 184 Å². The summed E-state index contributed by atoms with van der Waals surface area (Å²) in [7, 11) is 0. The maximum absolute atomic E-state index is 15.4. The number of benzene rings is 3. The summed E-state index contributed by atoms with van der Waals surface area (Å²) < 4.78 is 21.1. The standard InChI is InChI=1S/C38H43NO4.C35H41NO4.C33H43NO3/c1-9-16-38-21-25-12-14-26(15-13-25)43-33-27-28(37(8)19-22(4)18-23(5)29(33)37)24(6)20-36(7,11-3)30(27)32(40)31(38)34(41)39(17-10-2)35(38)42;1-8-14-36-32(38)24-16-22-10-12-23(13-11-22)40-31-26-27(35(7)17-19(3)15-20(4)28(31)35)21(5)18-34(6,9-2)29(26)30(37)25(24)33(36)39;1-8-32(6)16-19(4)26-25-28(32)29(35)24-20(5)34-31(36)23(24)14-21-9-11-22(12-10-21)37-30(25)27-18(3)13-17(2)15-33(26,27)7/h1-2,11-15,20,22-23,27-31,33H,3,16-19,21H2,4-8H3;1,9-13,18-20,24-29,31H,2,14-17H2,3-7H3;8-12,16-18,20,23-28,30H,1,13-15H2,2-7H3,(H,34,36). The maximum atomic E-state index is 15.4. The largest absolute Gasteiger partial charge is 0.490 e. The molecular weight excluding hydrogens is 1490 g/mol. The smallest absolute Gasteiger partial charge is 0.241 e. The molecule has 0 radical (unpaired) electrons. The first-order chi connectivity index (χ1) is 56.8. The first-order valence-corrected chi connectivity index (χ1v) is 45.0. The number of amides is 5. The number of nitrogens with one attached hydrogen (secondary N) is 1. The van der Waals surface area contributed by atoms with Crippen LogP contribution in [0, 0.1) is 211 Å². The molecule has 14 nitrogen and oxygen atoms in total. The number of hydrogen-bond acceptors (Lipinski definition) is 11. The van der Waals surface area contributed by atoms with Gasteiger partial charge in [0.2, 0.25) is 29.5 Å². The van der Waals surface area contributed by atoms with Gasteiger partial charge in [0.15, 0.2) is 11.6 Å². The number of imide groups is 2. The highest BCUT2D eigenvalue weighted by molar-refractivity contribution is 6.19. The molecule has 21 rings (SSSR count). The Morgan fingerprint density at radius 2 is 0.825 bits per heavy atom. The molecule has 34 unspecified atom stereocenters. The molecule has 6 bridgehead atoms. The summed E-state index contributed by atoms with van der Waals surface area (Å²) in [5.41, 5.74) is 3.28. The summed E-state index contributed by atoms with van der Waals surface area (Å²) in [4.78, 5) is 117. The lowest BCUT2D eigenvalue weighted by molar-refractivity contribution is -0.146. The van der Waals surface area contributed by atoms with Crippen molar-refractivity contribution >= 4 is 46.9 Å². The minimum Gasteiger partial charge on any atom is -0.490 e. The van der Waals surface area contributed by atoms with Crippen molar-refractivity contribution in [1.29, 1.82) is 0 Å². The fourth-order valence-corrected chi connectivity index (χ4v) is 31.6. The van der Waals surface area contributed by atoms with Crippen LogP contribution in [0.5, 0.6) is 17.2 Å². The lowest BCUT2D eigenvalue weighted by Crippen LogP contribution is -2.53. The van der Waals surface area contributed by atoms with E-state index >= 15 is 9.59 Å². The van der Waals surface area contributed by atoms with Crippen LogP contribution in [0.25, 0.3) is 0 Å².